The summed E-state index contributed by atoms with van der Waals surface area (Å²) < 4.78 is 0. The molecule has 1 saturated heterocycles. The van der Waals surface area contributed by atoms with Crippen molar-refractivity contribution < 1.29 is 4.79 Å². The lowest BCUT2D eigenvalue weighted by atomic mass is 9.91. The molecule has 2 aliphatic rings. The minimum absolute atomic E-state index is 0.105. The van der Waals surface area contributed by atoms with Gasteiger partial charge in [-0.3, -0.25) is 4.79 Å². The lowest BCUT2D eigenvalue weighted by molar-refractivity contribution is -0.116. The second-order valence-corrected chi connectivity index (χ2v) is 6.47. The summed E-state index contributed by atoms with van der Waals surface area (Å²) in [6.07, 6.45) is 2.63. The van der Waals surface area contributed by atoms with Gasteiger partial charge in [-0.15, -0.1) is 0 Å². The van der Waals surface area contributed by atoms with Gasteiger partial charge in [-0.05, 0) is 42.4 Å². The van der Waals surface area contributed by atoms with Gasteiger partial charge in [0.15, 0.2) is 0 Å². The summed E-state index contributed by atoms with van der Waals surface area (Å²) >= 11 is 0. The van der Waals surface area contributed by atoms with Crippen LogP contribution >= 0.6 is 0 Å². The Morgan fingerprint density at radius 3 is 2.60 bits per heavy atom. The van der Waals surface area contributed by atoms with Crippen molar-refractivity contribution in [3.63, 3.8) is 0 Å². The van der Waals surface area contributed by atoms with Crippen molar-refractivity contribution in [2.75, 3.05) is 29.0 Å². The van der Waals surface area contributed by atoms with Crippen LogP contribution in [-0.4, -0.2) is 19.0 Å². The summed E-state index contributed by atoms with van der Waals surface area (Å²) in [5.41, 5.74) is 10.3. The first-order chi connectivity index (χ1) is 9.52. The van der Waals surface area contributed by atoms with Crippen LogP contribution in [0.4, 0.5) is 17.1 Å². The summed E-state index contributed by atoms with van der Waals surface area (Å²) in [5.74, 6) is 1.47. The van der Waals surface area contributed by atoms with E-state index in [-0.39, 0.29) is 5.91 Å². The second-order valence-electron chi connectivity index (χ2n) is 6.47. The average molecular weight is 273 g/mol. The maximum atomic E-state index is 11.5. The largest absolute Gasteiger partial charge is 0.397 e. The standard InChI is InChI=1S/C16H23N3O/c1-10-5-11(2)9-19(8-10)15-7-14-12(6-13(15)17)3-4-16(20)18-14/h6-7,10-11H,3-5,8-9,17H2,1-2H3,(H,18,20). The minimum atomic E-state index is 0.105. The molecule has 1 fully saturated rings. The molecule has 0 aliphatic carbocycles. The summed E-state index contributed by atoms with van der Waals surface area (Å²) in [6.45, 7) is 6.67. The number of aryl methyl sites for hydroxylation is 1. The molecule has 108 valence electrons. The number of fused-ring (bicyclic) bond motifs is 1. The molecule has 20 heavy (non-hydrogen) atoms. The number of nitrogens with two attached hydrogens (primary N) is 1. The van der Waals surface area contributed by atoms with Crippen LogP contribution in [0.2, 0.25) is 0 Å². The van der Waals surface area contributed by atoms with Crippen molar-refractivity contribution in [2.45, 2.75) is 33.1 Å². The highest BCUT2D eigenvalue weighted by Gasteiger charge is 2.25. The smallest absolute Gasteiger partial charge is 0.224 e. The van der Waals surface area contributed by atoms with Crippen LogP contribution in [0.3, 0.4) is 0 Å². The fourth-order valence-electron chi connectivity index (χ4n) is 3.57. The van der Waals surface area contributed by atoms with Crippen molar-refractivity contribution in [1.82, 2.24) is 0 Å². The highest BCUT2D eigenvalue weighted by molar-refractivity contribution is 5.95. The van der Waals surface area contributed by atoms with Crippen molar-refractivity contribution in [1.29, 1.82) is 0 Å². The summed E-state index contributed by atoms with van der Waals surface area (Å²) in [6, 6.07) is 4.10. The molecular formula is C16H23N3O. The molecule has 3 rings (SSSR count). The average Bonchev–Trinajstić information content (AvgIpc) is 2.37. The van der Waals surface area contributed by atoms with E-state index in [1.54, 1.807) is 0 Å². The maximum absolute atomic E-state index is 11.5. The van der Waals surface area contributed by atoms with Gasteiger partial charge >= 0.3 is 0 Å². The van der Waals surface area contributed by atoms with Crippen molar-refractivity contribution in [2.24, 2.45) is 11.8 Å². The topological polar surface area (TPSA) is 58.4 Å². The number of benzene rings is 1. The highest BCUT2D eigenvalue weighted by atomic mass is 16.1. The van der Waals surface area contributed by atoms with E-state index in [0.717, 1.165) is 42.1 Å². The predicted molar refractivity (Wildman–Crippen MR) is 83.0 cm³/mol. The summed E-state index contributed by atoms with van der Waals surface area (Å²) in [7, 11) is 0. The van der Waals surface area contributed by atoms with Gasteiger partial charge in [0.05, 0.1) is 11.4 Å². The zero-order valence-electron chi connectivity index (χ0n) is 12.3. The fourth-order valence-corrected chi connectivity index (χ4v) is 3.57. The molecule has 2 heterocycles. The molecule has 2 aliphatic heterocycles. The number of hydrogen-bond acceptors (Lipinski definition) is 3. The number of nitrogens with zero attached hydrogens (tertiary/aromatic N) is 1. The molecule has 4 heteroatoms. The number of piperidine rings is 1. The van der Waals surface area contributed by atoms with E-state index in [4.69, 9.17) is 5.73 Å². The van der Waals surface area contributed by atoms with Crippen LogP contribution in [-0.2, 0) is 11.2 Å². The number of rotatable bonds is 1. The van der Waals surface area contributed by atoms with Gasteiger partial charge in [-0.1, -0.05) is 13.8 Å². The van der Waals surface area contributed by atoms with E-state index in [0.29, 0.717) is 18.3 Å². The van der Waals surface area contributed by atoms with Crippen LogP contribution in [0.15, 0.2) is 12.1 Å². The molecular weight excluding hydrogens is 250 g/mol. The Balaban J connectivity index is 1.93. The first-order valence-electron chi connectivity index (χ1n) is 7.50. The lowest BCUT2D eigenvalue weighted by Gasteiger charge is -2.37. The molecule has 0 radical (unpaired) electrons. The second kappa shape index (κ2) is 5.00. The molecule has 4 nitrogen and oxygen atoms in total. The summed E-state index contributed by atoms with van der Waals surface area (Å²) in [4.78, 5) is 13.9. The van der Waals surface area contributed by atoms with Crippen molar-refractivity contribution in [3.8, 4) is 0 Å². The summed E-state index contributed by atoms with van der Waals surface area (Å²) in [5, 5.41) is 2.97. The molecule has 0 bridgehead atoms. The van der Waals surface area contributed by atoms with Crippen LogP contribution in [0.5, 0.6) is 0 Å². The van der Waals surface area contributed by atoms with Gasteiger partial charge in [0.25, 0.3) is 0 Å². The zero-order chi connectivity index (χ0) is 14.3. The number of nitrogen functional groups attached to an aromatic ring is 1. The van der Waals surface area contributed by atoms with Crippen LogP contribution in [0.25, 0.3) is 0 Å². The van der Waals surface area contributed by atoms with Crippen LogP contribution < -0.4 is 16.0 Å². The van der Waals surface area contributed by atoms with Gasteiger partial charge in [-0.2, -0.15) is 0 Å². The molecule has 0 spiro atoms. The number of hydrogen-bond donors (Lipinski definition) is 2. The SMILES string of the molecule is CC1CC(C)CN(c2cc3c(cc2N)CCC(=O)N3)C1. The normalized spacial score (nSPS) is 26.1. The van der Waals surface area contributed by atoms with Crippen LogP contribution in [0, 0.1) is 11.8 Å². The van der Waals surface area contributed by atoms with E-state index in [2.05, 4.69) is 30.1 Å². The van der Waals surface area contributed by atoms with E-state index in [1.807, 2.05) is 6.07 Å². The Hall–Kier alpha value is -1.71. The van der Waals surface area contributed by atoms with Gasteiger partial charge < -0.3 is 16.0 Å². The van der Waals surface area contributed by atoms with E-state index < -0.39 is 0 Å². The molecule has 1 aromatic carbocycles. The third kappa shape index (κ3) is 2.47. The number of amides is 1. The first-order valence-corrected chi connectivity index (χ1v) is 7.50. The zero-order valence-corrected chi connectivity index (χ0v) is 12.3. The maximum Gasteiger partial charge on any atom is 0.224 e. The van der Waals surface area contributed by atoms with Crippen LogP contribution in [0.1, 0.15) is 32.3 Å². The van der Waals surface area contributed by atoms with Gasteiger partial charge in [0, 0.05) is 25.2 Å². The van der Waals surface area contributed by atoms with Crippen molar-refractivity contribution in [3.05, 3.63) is 17.7 Å². The third-order valence-electron chi connectivity index (χ3n) is 4.36. The van der Waals surface area contributed by atoms with Gasteiger partial charge in [0.2, 0.25) is 5.91 Å². The number of carbonyl (C=O) groups is 1. The Labute approximate surface area is 120 Å². The minimum Gasteiger partial charge on any atom is -0.397 e. The quantitative estimate of drug-likeness (QED) is 0.773. The molecule has 3 N–H and O–H groups in total. The van der Waals surface area contributed by atoms with Gasteiger partial charge in [-0.25, -0.2) is 0 Å². The Bertz CT molecular complexity index is 531. The third-order valence-corrected chi connectivity index (χ3v) is 4.36. The van der Waals surface area contributed by atoms with E-state index in [9.17, 15) is 4.79 Å². The van der Waals surface area contributed by atoms with Gasteiger partial charge in [0.1, 0.15) is 0 Å². The van der Waals surface area contributed by atoms with E-state index >= 15 is 0 Å². The first kappa shape index (κ1) is 13.3. The Morgan fingerprint density at radius 1 is 1.20 bits per heavy atom. The monoisotopic (exact) mass is 273 g/mol. The Kier molecular flexibility index (Phi) is 3.32. The van der Waals surface area contributed by atoms with Crippen molar-refractivity contribution >= 4 is 23.0 Å². The molecule has 0 aromatic heterocycles. The number of nitrogens with one attached hydrogen (secondary N) is 1. The lowest BCUT2D eigenvalue weighted by Crippen LogP contribution is -2.39. The molecule has 2 unspecified atom stereocenters. The Morgan fingerprint density at radius 2 is 1.90 bits per heavy atom. The molecule has 0 saturated carbocycles. The molecule has 1 amide bonds. The molecule has 1 aromatic rings. The van der Waals surface area contributed by atoms with E-state index in [1.165, 1.54) is 6.42 Å². The number of anilines is 3. The molecule has 2 atom stereocenters. The predicted octanol–water partition coefficient (Wildman–Crippen LogP) is 2.64. The fraction of sp³-hybridized carbons (Fsp3) is 0.562. The number of carbonyl (C=O) groups excluding carboxylic acids is 1. The highest BCUT2D eigenvalue weighted by Crippen LogP contribution is 2.36.